The average molecular weight is 457 g/mol. The van der Waals surface area contributed by atoms with E-state index in [4.69, 9.17) is 0 Å². The molecule has 0 amide bonds. The summed E-state index contributed by atoms with van der Waals surface area (Å²) in [5, 5.41) is 0. The number of unbranched alkanes of at least 4 members (excludes halogenated alkanes) is 18. The molecule has 0 aliphatic heterocycles. The second-order valence-electron chi connectivity index (χ2n) is 11.3. The van der Waals surface area contributed by atoms with E-state index >= 15 is 0 Å². The topological polar surface area (TPSA) is 0 Å². The van der Waals surface area contributed by atoms with Gasteiger partial charge in [0.2, 0.25) is 0 Å². The molecule has 190 valence electrons. The summed E-state index contributed by atoms with van der Waals surface area (Å²) in [4.78, 5) is 0. The van der Waals surface area contributed by atoms with Crippen LogP contribution in [-0.4, -0.2) is 24.6 Å². The molecule has 0 aliphatic carbocycles. The molecule has 0 aromatic carbocycles. The van der Waals surface area contributed by atoms with E-state index in [1.807, 2.05) is 0 Å². The van der Waals surface area contributed by atoms with Gasteiger partial charge in [0.25, 0.3) is 0 Å². The van der Waals surface area contributed by atoms with Crippen LogP contribution in [0.4, 0.5) is 0 Å². The van der Waals surface area contributed by atoms with Gasteiger partial charge in [0, 0.05) is 0 Å². The van der Waals surface area contributed by atoms with Crippen molar-refractivity contribution in [1.82, 2.24) is 0 Å². The Labute approximate surface area is 200 Å². The van der Waals surface area contributed by atoms with Crippen LogP contribution >= 0.6 is 7.26 Å². The van der Waals surface area contributed by atoms with Crippen LogP contribution in [0.5, 0.6) is 0 Å². The minimum absolute atomic E-state index is 0.915. The Morgan fingerprint density at radius 3 is 0.968 bits per heavy atom. The van der Waals surface area contributed by atoms with Crippen LogP contribution in [0, 0.1) is 5.92 Å². The summed E-state index contributed by atoms with van der Waals surface area (Å²) in [5.74, 6) is 0.915. The quantitative estimate of drug-likeness (QED) is 0.0946. The Hall–Kier alpha value is 0.430. The van der Waals surface area contributed by atoms with E-state index in [1.165, 1.54) is 116 Å². The van der Waals surface area contributed by atoms with Gasteiger partial charge in [-0.2, -0.15) is 0 Å². The molecule has 0 bridgehead atoms. The van der Waals surface area contributed by atoms with Crippen molar-refractivity contribution in [2.24, 2.45) is 5.92 Å². The van der Waals surface area contributed by atoms with E-state index in [9.17, 15) is 0 Å². The Balaban J connectivity index is 3.92. The van der Waals surface area contributed by atoms with Gasteiger partial charge in [-0.15, -0.1) is 0 Å². The van der Waals surface area contributed by atoms with Crippen molar-refractivity contribution in [3.05, 3.63) is 0 Å². The van der Waals surface area contributed by atoms with Crippen molar-refractivity contribution in [3.63, 3.8) is 0 Å². The maximum atomic E-state index is 2.54. The Morgan fingerprint density at radius 2 is 0.710 bits per heavy atom. The van der Waals surface area contributed by atoms with Crippen molar-refractivity contribution in [2.45, 2.75) is 163 Å². The molecule has 0 aromatic rings. The standard InChI is InChI=1S/C30H65P/c1-6-9-11-13-15-17-19-21-23-25-27-31(8-3,29-30(4)5)28-26-24-22-20-18-16-14-12-10-7-2/h30-31H,6-29H2,1-5H3. The molecular weight excluding hydrogens is 391 g/mol. The first-order valence-electron chi connectivity index (χ1n) is 15.1. The second-order valence-corrected chi connectivity index (χ2v) is 16.4. The van der Waals surface area contributed by atoms with Crippen LogP contribution in [0.3, 0.4) is 0 Å². The third kappa shape index (κ3) is 20.7. The van der Waals surface area contributed by atoms with Crippen molar-refractivity contribution in [2.75, 3.05) is 24.6 Å². The van der Waals surface area contributed by atoms with Crippen LogP contribution in [0.15, 0.2) is 0 Å². The molecule has 0 fully saturated rings. The molecule has 1 heteroatoms. The van der Waals surface area contributed by atoms with E-state index in [1.54, 1.807) is 37.5 Å². The Kier molecular flexibility index (Phi) is 23.9. The van der Waals surface area contributed by atoms with Gasteiger partial charge in [-0.3, -0.25) is 0 Å². The summed E-state index contributed by atoms with van der Waals surface area (Å²) in [6.07, 6.45) is 36.0. The first-order chi connectivity index (χ1) is 15.1. The summed E-state index contributed by atoms with van der Waals surface area (Å²) in [6, 6.07) is 0. The van der Waals surface area contributed by atoms with E-state index in [0.717, 1.165) is 5.92 Å². The second kappa shape index (κ2) is 23.6. The Bertz CT molecular complexity index is 311. The van der Waals surface area contributed by atoms with Crippen LogP contribution in [-0.2, 0) is 0 Å². The molecule has 31 heavy (non-hydrogen) atoms. The fourth-order valence-electron chi connectivity index (χ4n) is 5.67. The van der Waals surface area contributed by atoms with E-state index in [0.29, 0.717) is 0 Å². The van der Waals surface area contributed by atoms with Crippen LogP contribution in [0.1, 0.15) is 163 Å². The Morgan fingerprint density at radius 1 is 0.419 bits per heavy atom. The summed E-state index contributed by atoms with van der Waals surface area (Å²) in [6.45, 7) is 12.1. The SMILES string of the molecule is CCCCCCCCCCCC[PH](CC)(CCCCCCCCCCCC)CC(C)C. The first kappa shape index (κ1) is 31.4. The third-order valence-corrected chi connectivity index (χ3v) is 13.7. The number of rotatable bonds is 25. The van der Waals surface area contributed by atoms with Crippen molar-refractivity contribution >= 4 is 7.26 Å². The minimum atomic E-state index is -1.01. The molecular formula is C30H65P. The molecule has 0 unspecified atom stereocenters. The van der Waals surface area contributed by atoms with Gasteiger partial charge in [0.05, 0.1) is 0 Å². The van der Waals surface area contributed by atoms with E-state index in [-0.39, 0.29) is 0 Å². The van der Waals surface area contributed by atoms with Crippen molar-refractivity contribution in [1.29, 1.82) is 0 Å². The van der Waals surface area contributed by atoms with Crippen LogP contribution < -0.4 is 0 Å². The van der Waals surface area contributed by atoms with Crippen molar-refractivity contribution in [3.8, 4) is 0 Å². The zero-order valence-corrected chi connectivity index (χ0v) is 24.0. The predicted octanol–water partition coefficient (Wildman–Crippen LogP) is 11.3. The molecule has 0 atom stereocenters. The van der Waals surface area contributed by atoms with Gasteiger partial charge in [-0.1, -0.05) is 0 Å². The summed E-state index contributed by atoms with van der Waals surface area (Å²) in [5.41, 5.74) is 0. The predicted molar refractivity (Wildman–Crippen MR) is 152 cm³/mol. The molecule has 0 aromatic heterocycles. The average Bonchev–Trinajstić information content (AvgIpc) is 2.75. The monoisotopic (exact) mass is 456 g/mol. The van der Waals surface area contributed by atoms with Gasteiger partial charge in [-0.05, 0) is 0 Å². The molecule has 0 N–H and O–H groups in total. The zero-order chi connectivity index (χ0) is 23.0. The normalized spacial score (nSPS) is 12.7. The molecule has 0 saturated carbocycles. The van der Waals surface area contributed by atoms with Gasteiger partial charge in [-0.25, -0.2) is 0 Å². The molecule has 0 aliphatic rings. The molecule has 0 radical (unpaired) electrons. The summed E-state index contributed by atoms with van der Waals surface area (Å²) < 4.78 is 0. The molecule has 0 heterocycles. The fourth-order valence-corrected chi connectivity index (χ4v) is 11.1. The molecule has 0 spiro atoms. The van der Waals surface area contributed by atoms with Crippen LogP contribution in [0.25, 0.3) is 0 Å². The maximum absolute atomic E-state index is 2.54. The molecule has 0 rings (SSSR count). The van der Waals surface area contributed by atoms with E-state index < -0.39 is 7.26 Å². The van der Waals surface area contributed by atoms with Gasteiger partial charge < -0.3 is 0 Å². The summed E-state index contributed by atoms with van der Waals surface area (Å²) >= 11 is 0. The zero-order valence-electron chi connectivity index (χ0n) is 23.0. The number of hydrogen-bond acceptors (Lipinski definition) is 0. The van der Waals surface area contributed by atoms with Gasteiger partial charge in [0.1, 0.15) is 0 Å². The third-order valence-electron chi connectivity index (χ3n) is 7.71. The van der Waals surface area contributed by atoms with Crippen molar-refractivity contribution < 1.29 is 0 Å². The van der Waals surface area contributed by atoms with Gasteiger partial charge in [0.15, 0.2) is 0 Å². The fraction of sp³-hybridized carbons (Fsp3) is 1.00. The van der Waals surface area contributed by atoms with E-state index in [2.05, 4.69) is 34.6 Å². The molecule has 0 nitrogen and oxygen atoms in total. The summed E-state index contributed by atoms with van der Waals surface area (Å²) in [7, 11) is -1.01. The van der Waals surface area contributed by atoms with Crippen LogP contribution in [0.2, 0.25) is 0 Å². The van der Waals surface area contributed by atoms with Gasteiger partial charge >= 0.3 is 201 Å². The first-order valence-corrected chi connectivity index (χ1v) is 17.9. The molecule has 0 saturated heterocycles. The number of hydrogen-bond donors (Lipinski definition) is 0.